The highest BCUT2D eigenvalue weighted by atomic mass is 15.3. The van der Waals surface area contributed by atoms with E-state index in [1.807, 2.05) is 0 Å². The zero-order chi connectivity index (χ0) is 12.0. The third-order valence-electron chi connectivity index (χ3n) is 5.50. The second-order valence-corrected chi connectivity index (χ2v) is 7.03. The van der Waals surface area contributed by atoms with Crippen molar-refractivity contribution in [1.29, 1.82) is 0 Å². The Morgan fingerprint density at radius 2 is 1.53 bits per heavy atom. The largest absolute Gasteiger partial charge is 0.318 e. The van der Waals surface area contributed by atoms with E-state index in [1.54, 1.807) is 6.42 Å². The Hall–Kier alpha value is -0.0800. The van der Waals surface area contributed by atoms with Crippen molar-refractivity contribution in [3.05, 3.63) is 0 Å². The highest BCUT2D eigenvalue weighted by molar-refractivity contribution is 5.03. The van der Waals surface area contributed by atoms with Crippen LogP contribution in [0.1, 0.15) is 46.0 Å². The Bertz CT molecular complexity index is 246. The minimum atomic E-state index is 0.759. The fraction of sp³-hybridized carbons (Fsp3) is 1.00. The molecule has 2 saturated carbocycles. The summed E-state index contributed by atoms with van der Waals surface area (Å²) in [5.41, 5.74) is 0. The Kier molecular flexibility index (Phi) is 3.20. The first kappa shape index (κ1) is 12.0. The molecule has 1 atom stereocenters. The lowest BCUT2D eigenvalue weighted by Crippen LogP contribution is -2.63. The molecule has 4 aliphatic rings. The van der Waals surface area contributed by atoms with Crippen LogP contribution in [-0.4, -0.2) is 36.6 Å². The molecule has 98 valence electrons. The SMILES string of the molecule is CNCC(C(C)C)N1C2CC3CC(C2)CC1C3. The van der Waals surface area contributed by atoms with Crippen molar-refractivity contribution in [3.63, 3.8) is 0 Å². The van der Waals surface area contributed by atoms with Gasteiger partial charge in [0.1, 0.15) is 0 Å². The zero-order valence-corrected chi connectivity index (χ0v) is 11.7. The first-order valence-corrected chi connectivity index (χ1v) is 7.61. The van der Waals surface area contributed by atoms with E-state index in [0.717, 1.165) is 35.9 Å². The maximum atomic E-state index is 3.42. The van der Waals surface area contributed by atoms with Gasteiger partial charge in [0.15, 0.2) is 0 Å². The average Bonchev–Trinajstić information content (AvgIpc) is 2.26. The van der Waals surface area contributed by atoms with E-state index in [1.165, 1.54) is 32.2 Å². The molecule has 0 aromatic rings. The molecular formula is C15H28N2. The van der Waals surface area contributed by atoms with Crippen LogP contribution < -0.4 is 5.32 Å². The first-order valence-electron chi connectivity index (χ1n) is 7.61. The Morgan fingerprint density at radius 1 is 1.00 bits per heavy atom. The predicted molar refractivity (Wildman–Crippen MR) is 72.0 cm³/mol. The van der Waals surface area contributed by atoms with Crippen LogP contribution in [0, 0.1) is 17.8 Å². The third-order valence-corrected chi connectivity index (χ3v) is 5.50. The van der Waals surface area contributed by atoms with Crippen molar-refractivity contribution >= 4 is 0 Å². The predicted octanol–water partition coefficient (Wildman–Crippen LogP) is 2.49. The van der Waals surface area contributed by atoms with Gasteiger partial charge in [0, 0.05) is 24.7 Å². The molecule has 4 rings (SSSR count). The van der Waals surface area contributed by atoms with Gasteiger partial charge in [-0.3, -0.25) is 4.90 Å². The molecule has 0 radical (unpaired) electrons. The highest BCUT2D eigenvalue weighted by Crippen LogP contribution is 2.50. The molecule has 2 heterocycles. The summed E-state index contributed by atoms with van der Waals surface area (Å²) < 4.78 is 0. The summed E-state index contributed by atoms with van der Waals surface area (Å²) in [6, 6.07) is 2.61. The van der Waals surface area contributed by atoms with Crippen LogP contribution in [0.3, 0.4) is 0 Å². The lowest BCUT2D eigenvalue weighted by Gasteiger charge is -2.59. The van der Waals surface area contributed by atoms with Crippen LogP contribution in [0.2, 0.25) is 0 Å². The Morgan fingerprint density at radius 3 is 1.94 bits per heavy atom. The lowest BCUT2D eigenvalue weighted by atomic mass is 9.63. The molecule has 2 nitrogen and oxygen atoms in total. The molecule has 1 N–H and O–H groups in total. The van der Waals surface area contributed by atoms with Gasteiger partial charge >= 0.3 is 0 Å². The van der Waals surface area contributed by atoms with Crippen LogP contribution >= 0.6 is 0 Å². The molecule has 2 saturated heterocycles. The van der Waals surface area contributed by atoms with E-state index < -0.39 is 0 Å². The van der Waals surface area contributed by atoms with Crippen LogP contribution in [0.4, 0.5) is 0 Å². The van der Waals surface area contributed by atoms with Gasteiger partial charge < -0.3 is 5.32 Å². The molecule has 0 spiro atoms. The summed E-state index contributed by atoms with van der Waals surface area (Å²) in [7, 11) is 2.10. The Labute approximate surface area is 106 Å². The molecule has 0 aromatic carbocycles. The summed E-state index contributed by atoms with van der Waals surface area (Å²) in [4.78, 5) is 2.92. The van der Waals surface area contributed by atoms with Crippen molar-refractivity contribution in [3.8, 4) is 0 Å². The van der Waals surface area contributed by atoms with Crippen LogP contribution in [0.25, 0.3) is 0 Å². The quantitative estimate of drug-likeness (QED) is 0.807. The number of hydrogen-bond acceptors (Lipinski definition) is 2. The summed E-state index contributed by atoms with van der Waals surface area (Å²) >= 11 is 0. The lowest BCUT2D eigenvalue weighted by molar-refractivity contribution is -0.0901. The van der Waals surface area contributed by atoms with Gasteiger partial charge in [-0.1, -0.05) is 13.8 Å². The number of nitrogens with zero attached hydrogens (tertiary/aromatic N) is 1. The zero-order valence-electron chi connectivity index (χ0n) is 11.7. The maximum Gasteiger partial charge on any atom is 0.0249 e. The molecule has 4 bridgehead atoms. The van der Waals surface area contributed by atoms with Gasteiger partial charge in [0.2, 0.25) is 0 Å². The van der Waals surface area contributed by atoms with Crippen molar-refractivity contribution in [2.45, 2.75) is 64.1 Å². The molecular weight excluding hydrogens is 208 g/mol. The number of rotatable bonds is 4. The minimum Gasteiger partial charge on any atom is -0.318 e. The van der Waals surface area contributed by atoms with E-state index in [-0.39, 0.29) is 0 Å². The topological polar surface area (TPSA) is 15.3 Å². The summed E-state index contributed by atoms with van der Waals surface area (Å²) in [5, 5.41) is 3.42. The fourth-order valence-electron chi connectivity index (χ4n) is 5.00. The third kappa shape index (κ3) is 2.04. The number of hydrogen-bond donors (Lipinski definition) is 1. The van der Waals surface area contributed by atoms with E-state index >= 15 is 0 Å². The van der Waals surface area contributed by atoms with Crippen molar-refractivity contribution in [2.24, 2.45) is 17.8 Å². The van der Waals surface area contributed by atoms with Crippen molar-refractivity contribution < 1.29 is 0 Å². The van der Waals surface area contributed by atoms with Crippen LogP contribution in [-0.2, 0) is 0 Å². The highest BCUT2D eigenvalue weighted by Gasteiger charge is 2.48. The summed E-state index contributed by atoms with van der Waals surface area (Å²) in [6.45, 7) is 5.96. The molecule has 2 heteroatoms. The molecule has 2 aliphatic heterocycles. The van der Waals surface area contributed by atoms with Gasteiger partial charge in [-0.2, -0.15) is 0 Å². The molecule has 1 unspecified atom stereocenters. The number of nitrogens with one attached hydrogen (secondary N) is 1. The summed E-state index contributed by atoms with van der Waals surface area (Å²) in [5.74, 6) is 2.94. The summed E-state index contributed by atoms with van der Waals surface area (Å²) in [6.07, 6.45) is 7.55. The van der Waals surface area contributed by atoms with Gasteiger partial charge in [0.05, 0.1) is 0 Å². The molecule has 2 aliphatic carbocycles. The first-order chi connectivity index (χ1) is 8.19. The van der Waals surface area contributed by atoms with Gasteiger partial charge in [-0.15, -0.1) is 0 Å². The standard InChI is InChI=1S/C15H28N2/c1-10(2)15(9-16-3)17-13-5-11-4-12(7-13)8-14(17)6-11/h10-16H,4-9H2,1-3H3. The minimum absolute atomic E-state index is 0.759. The second kappa shape index (κ2) is 4.55. The van der Waals surface area contributed by atoms with E-state index in [9.17, 15) is 0 Å². The molecule has 4 fully saturated rings. The van der Waals surface area contributed by atoms with Crippen LogP contribution in [0.5, 0.6) is 0 Å². The van der Waals surface area contributed by atoms with Gasteiger partial charge in [-0.05, 0) is 56.9 Å². The second-order valence-electron chi connectivity index (χ2n) is 7.03. The monoisotopic (exact) mass is 236 g/mol. The molecule has 17 heavy (non-hydrogen) atoms. The normalized spacial score (nSPS) is 42.4. The van der Waals surface area contributed by atoms with Crippen molar-refractivity contribution in [2.75, 3.05) is 13.6 Å². The van der Waals surface area contributed by atoms with Crippen molar-refractivity contribution in [1.82, 2.24) is 10.2 Å². The van der Waals surface area contributed by atoms with E-state index in [0.29, 0.717) is 0 Å². The van der Waals surface area contributed by atoms with E-state index in [2.05, 4.69) is 31.1 Å². The van der Waals surface area contributed by atoms with E-state index in [4.69, 9.17) is 0 Å². The number of piperidine rings is 2. The molecule has 0 aromatic heterocycles. The smallest absolute Gasteiger partial charge is 0.0249 e. The average molecular weight is 236 g/mol. The maximum absolute atomic E-state index is 3.42. The fourth-order valence-corrected chi connectivity index (χ4v) is 5.00. The Balaban J connectivity index is 1.78. The van der Waals surface area contributed by atoms with Gasteiger partial charge in [0.25, 0.3) is 0 Å². The van der Waals surface area contributed by atoms with Gasteiger partial charge in [-0.25, -0.2) is 0 Å². The number of likely N-dealkylation sites (N-methyl/N-ethyl adjacent to an activating group) is 1. The molecule has 0 amide bonds. The van der Waals surface area contributed by atoms with Crippen LogP contribution in [0.15, 0.2) is 0 Å².